The molecule has 0 bridgehead atoms. The van der Waals surface area contributed by atoms with Crippen molar-refractivity contribution in [2.24, 2.45) is 0 Å². The van der Waals surface area contributed by atoms with Gasteiger partial charge >= 0.3 is 0 Å². The first-order valence-electron chi connectivity index (χ1n) is 8.62. The van der Waals surface area contributed by atoms with Crippen LogP contribution in [0.15, 0.2) is 4.52 Å². The molecule has 2 atom stereocenters. The zero-order chi connectivity index (χ0) is 16.8. The van der Waals surface area contributed by atoms with Gasteiger partial charge in [-0.15, -0.1) is 0 Å². The molecule has 3 aliphatic rings. The molecule has 1 aromatic rings. The summed E-state index contributed by atoms with van der Waals surface area (Å²) < 4.78 is 37.1. The van der Waals surface area contributed by atoms with Crippen molar-refractivity contribution in [3.8, 4) is 0 Å². The predicted octanol–water partition coefficient (Wildman–Crippen LogP) is 0.739. The first-order valence-corrected chi connectivity index (χ1v) is 10.2. The topological polar surface area (TPSA) is 106 Å². The van der Waals surface area contributed by atoms with Gasteiger partial charge in [-0.3, -0.25) is 0 Å². The Morgan fingerprint density at radius 3 is 2.88 bits per heavy atom. The van der Waals surface area contributed by atoms with Gasteiger partial charge in [0.05, 0.1) is 18.4 Å². The summed E-state index contributed by atoms with van der Waals surface area (Å²) in [5, 5.41) is 14.7. The fourth-order valence-corrected chi connectivity index (χ4v) is 4.98. The van der Waals surface area contributed by atoms with Crippen LogP contribution < -0.4 is 0 Å². The van der Waals surface area contributed by atoms with E-state index in [0.29, 0.717) is 24.8 Å². The van der Waals surface area contributed by atoms with E-state index >= 15 is 0 Å². The van der Waals surface area contributed by atoms with Crippen LogP contribution in [0.2, 0.25) is 0 Å². The molecule has 0 amide bonds. The van der Waals surface area contributed by atoms with Gasteiger partial charge in [0.2, 0.25) is 10.0 Å². The number of rotatable bonds is 6. The third kappa shape index (κ3) is 3.22. The van der Waals surface area contributed by atoms with Gasteiger partial charge in [0.1, 0.15) is 0 Å². The van der Waals surface area contributed by atoms with E-state index in [1.165, 1.54) is 4.31 Å². The Hall–Kier alpha value is -1.03. The molecule has 1 saturated carbocycles. The van der Waals surface area contributed by atoms with Crippen molar-refractivity contribution in [1.29, 1.82) is 0 Å². The molecule has 134 valence electrons. The standard InChI is InChI=1S/C15H23N3O5S/c19-15(14-16-13(17-23-14)11-3-4-11)6-7-18(10-15)24(20,21)9-5-12-2-1-8-22-12/h11-12,19H,1-10H2/t12-,15-/m0/s1. The van der Waals surface area contributed by atoms with Gasteiger partial charge in [-0.2, -0.15) is 9.29 Å². The molecule has 3 heterocycles. The molecule has 0 radical (unpaired) electrons. The van der Waals surface area contributed by atoms with Gasteiger partial charge in [-0.25, -0.2) is 8.42 Å². The minimum Gasteiger partial charge on any atom is -0.379 e. The van der Waals surface area contributed by atoms with Crippen LogP contribution in [0.25, 0.3) is 0 Å². The van der Waals surface area contributed by atoms with Crippen LogP contribution in [-0.4, -0.2) is 59.5 Å². The van der Waals surface area contributed by atoms with Crippen molar-refractivity contribution in [3.63, 3.8) is 0 Å². The van der Waals surface area contributed by atoms with Gasteiger partial charge in [-0.1, -0.05) is 5.16 Å². The molecular weight excluding hydrogens is 334 g/mol. The maximum Gasteiger partial charge on any atom is 0.260 e. The third-order valence-electron chi connectivity index (χ3n) is 5.11. The second-order valence-electron chi connectivity index (χ2n) is 7.09. The van der Waals surface area contributed by atoms with E-state index < -0.39 is 15.6 Å². The van der Waals surface area contributed by atoms with Gasteiger partial charge in [0.15, 0.2) is 11.4 Å². The molecule has 1 aromatic heterocycles. The number of β-amino-alcohol motifs (C(OH)–C–C–N with tert-alkyl or cyclic N) is 1. The number of nitrogens with zero attached hydrogens (tertiary/aromatic N) is 3. The van der Waals surface area contributed by atoms with Crippen LogP contribution >= 0.6 is 0 Å². The Bertz CT molecular complexity index is 696. The summed E-state index contributed by atoms with van der Waals surface area (Å²) in [5.74, 6) is 1.14. The van der Waals surface area contributed by atoms with Gasteiger partial charge < -0.3 is 14.4 Å². The highest BCUT2D eigenvalue weighted by molar-refractivity contribution is 7.89. The van der Waals surface area contributed by atoms with E-state index in [1.54, 1.807) is 0 Å². The summed E-state index contributed by atoms with van der Waals surface area (Å²) in [5.41, 5.74) is -1.38. The normalized spacial score (nSPS) is 31.8. The van der Waals surface area contributed by atoms with Crippen molar-refractivity contribution in [1.82, 2.24) is 14.4 Å². The van der Waals surface area contributed by atoms with Crippen molar-refractivity contribution in [2.45, 2.75) is 56.1 Å². The smallest absolute Gasteiger partial charge is 0.260 e. The summed E-state index contributed by atoms with van der Waals surface area (Å²) in [6.45, 7) is 0.966. The summed E-state index contributed by atoms with van der Waals surface area (Å²) >= 11 is 0. The minimum absolute atomic E-state index is 0.0207. The number of hydrogen-bond acceptors (Lipinski definition) is 7. The minimum atomic E-state index is -3.42. The van der Waals surface area contributed by atoms with E-state index in [2.05, 4.69) is 10.1 Å². The number of hydrogen-bond donors (Lipinski definition) is 1. The number of aliphatic hydroxyl groups is 1. The zero-order valence-electron chi connectivity index (χ0n) is 13.6. The summed E-state index contributed by atoms with van der Waals surface area (Å²) in [4.78, 5) is 4.28. The summed E-state index contributed by atoms with van der Waals surface area (Å²) in [6, 6.07) is 0. The van der Waals surface area contributed by atoms with Crippen LogP contribution in [-0.2, 0) is 20.4 Å². The zero-order valence-corrected chi connectivity index (χ0v) is 14.4. The molecule has 1 N–H and O–H groups in total. The second kappa shape index (κ2) is 6.05. The Balaban J connectivity index is 1.40. The van der Waals surface area contributed by atoms with E-state index in [0.717, 1.165) is 25.7 Å². The van der Waals surface area contributed by atoms with Gasteiger partial charge in [0.25, 0.3) is 5.89 Å². The van der Waals surface area contributed by atoms with Crippen LogP contribution in [0.5, 0.6) is 0 Å². The summed E-state index contributed by atoms with van der Waals surface area (Å²) in [6.07, 6.45) is 4.82. The van der Waals surface area contributed by atoms with Crippen molar-refractivity contribution in [2.75, 3.05) is 25.4 Å². The second-order valence-corrected chi connectivity index (χ2v) is 9.18. The van der Waals surface area contributed by atoms with Crippen molar-refractivity contribution in [3.05, 3.63) is 11.7 Å². The molecule has 24 heavy (non-hydrogen) atoms. The molecule has 8 nitrogen and oxygen atoms in total. The number of aromatic nitrogens is 2. The highest BCUT2D eigenvalue weighted by Gasteiger charge is 2.47. The summed E-state index contributed by atoms with van der Waals surface area (Å²) in [7, 11) is -3.42. The molecule has 1 aliphatic carbocycles. The highest BCUT2D eigenvalue weighted by atomic mass is 32.2. The largest absolute Gasteiger partial charge is 0.379 e. The SMILES string of the molecule is O=S(=O)(CC[C@@H]1CCCO1)N1CC[C@@](O)(c2nc(C3CC3)no2)C1. The Kier molecular flexibility index (Phi) is 4.14. The molecular formula is C15H23N3O5S. The Morgan fingerprint density at radius 1 is 1.33 bits per heavy atom. The molecule has 2 aliphatic heterocycles. The molecule has 0 aromatic carbocycles. The highest BCUT2D eigenvalue weighted by Crippen LogP contribution is 2.40. The lowest BCUT2D eigenvalue weighted by Crippen LogP contribution is -2.36. The maximum absolute atomic E-state index is 12.5. The van der Waals surface area contributed by atoms with E-state index in [-0.39, 0.29) is 37.3 Å². The number of ether oxygens (including phenoxy) is 1. The van der Waals surface area contributed by atoms with E-state index in [1.807, 2.05) is 0 Å². The average molecular weight is 357 g/mol. The lowest BCUT2D eigenvalue weighted by atomic mass is 10.0. The molecule has 2 saturated heterocycles. The Labute approximate surface area is 141 Å². The maximum atomic E-state index is 12.5. The molecule has 3 fully saturated rings. The van der Waals surface area contributed by atoms with E-state index in [4.69, 9.17) is 9.26 Å². The quantitative estimate of drug-likeness (QED) is 0.800. The molecule has 9 heteroatoms. The van der Waals surface area contributed by atoms with Crippen molar-refractivity contribution < 1.29 is 22.8 Å². The van der Waals surface area contributed by atoms with Gasteiger partial charge in [-0.05, 0) is 32.1 Å². The monoisotopic (exact) mass is 357 g/mol. The van der Waals surface area contributed by atoms with Crippen LogP contribution in [0.4, 0.5) is 0 Å². The molecule has 0 unspecified atom stereocenters. The van der Waals surface area contributed by atoms with Crippen LogP contribution in [0, 0.1) is 0 Å². The third-order valence-corrected chi connectivity index (χ3v) is 6.96. The lowest BCUT2D eigenvalue weighted by Gasteiger charge is -2.20. The predicted molar refractivity (Wildman–Crippen MR) is 83.7 cm³/mol. The Morgan fingerprint density at radius 2 is 2.17 bits per heavy atom. The van der Waals surface area contributed by atoms with Gasteiger partial charge in [0, 0.05) is 25.5 Å². The first-order chi connectivity index (χ1) is 11.5. The first kappa shape index (κ1) is 16.4. The van der Waals surface area contributed by atoms with E-state index in [9.17, 15) is 13.5 Å². The molecule has 0 spiro atoms. The van der Waals surface area contributed by atoms with Crippen LogP contribution in [0.3, 0.4) is 0 Å². The van der Waals surface area contributed by atoms with Crippen LogP contribution in [0.1, 0.15) is 56.2 Å². The average Bonchev–Trinajstić information content (AvgIpc) is 3.00. The lowest BCUT2D eigenvalue weighted by molar-refractivity contribution is 0.0194. The number of sulfonamides is 1. The molecule has 4 rings (SSSR count). The fraction of sp³-hybridized carbons (Fsp3) is 0.867. The fourth-order valence-electron chi connectivity index (χ4n) is 3.38. The van der Waals surface area contributed by atoms with Crippen molar-refractivity contribution >= 4 is 10.0 Å².